The van der Waals surface area contributed by atoms with Gasteiger partial charge in [0.2, 0.25) is 0 Å². The van der Waals surface area contributed by atoms with Crippen LogP contribution >= 0.6 is 23.2 Å². The second kappa shape index (κ2) is 6.43. The summed E-state index contributed by atoms with van der Waals surface area (Å²) in [6, 6.07) is 1.99. The Bertz CT molecular complexity index is 359. The van der Waals surface area contributed by atoms with Gasteiger partial charge in [-0.05, 0) is 19.0 Å². The molecule has 1 aromatic rings. The van der Waals surface area contributed by atoms with E-state index in [0.717, 1.165) is 49.9 Å². The van der Waals surface area contributed by atoms with Gasteiger partial charge in [0.05, 0.1) is 10.7 Å². The summed E-state index contributed by atoms with van der Waals surface area (Å²) in [4.78, 5) is 8.76. The van der Waals surface area contributed by atoms with Crippen molar-refractivity contribution in [2.45, 2.75) is 6.42 Å². The lowest BCUT2D eigenvalue weighted by Gasteiger charge is -2.24. The zero-order valence-electron chi connectivity index (χ0n) is 9.78. The molecule has 1 saturated heterocycles. The number of pyridine rings is 1. The van der Waals surface area contributed by atoms with E-state index >= 15 is 0 Å². The predicted molar refractivity (Wildman–Crippen MR) is 73.2 cm³/mol. The molecule has 0 N–H and O–H groups in total. The summed E-state index contributed by atoms with van der Waals surface area (Å²) in [7, 11) is 0. The lowest BCUT2D eigenvalue weighted by Crippen LogP contribution is -2.32. The van der Waals surface area contributed by atoms with E-state index in [1.165, 1.54) is 0 Å². The van der Waals surface area contributed by atoms with Crippen molar-refractivity contribution in [3.8, 4) is 0 Å². The summed E-state index contributed by atoms with van der Waals surface area (Å²) in [5, 5.41) is 0.735. The number of alkyl halides is 1. The van der Waals surface area contributed by atoms with Crippen molar-refractivity contribution in [3.63, 3.8) is 0 Å². The molecule has 1 aliphatic heterocycles. The van der Waals surface area contributed by atoms with Crippen LogP contribution in [-0.2, 0) is 0 Å². The number of hydrogen-bond acceptors (Lipinski definition) is 3. The van der Waals surface area contributed by atoms with Crippen molar-refractivity contribution < 1.29 is 0 Å². The number of hydrogen-bond donors (Lipinski definition) is 0. The van der Waals surface area contributed by atoms with E-state index in [9.17, 15) is 0 Å². The molecule has 17 heavy (non-hydrogen) atoms. The summed E-state index contributed by atoms with van der Waals surface area (Å²) in [5.74, 6) is 0.704. The third-order valence-corrected chi connectivity index (χ3v) is 3.54. The Labute approximate surface area is 112 Å². The zero-order valence-corrected chi connectivity index (χ0v) is 11.3. The molecule has 3 nitrogen and oxygen atoms in total. The summed E-state index contributed by atoms with van der Waals surface area (Å²) in [6.45, 7) is 5.18. The Morgan fingerprint density at radius 2 is 2.12 bits per heavy atom. The molecule has 1 aliphatic rings. The molecule has 0 unspecified atom stereocenters. The minimum atomic E-state index is 0.704. The van der Waals surface area contributed by atoms with E-state index in [4.69, 9.17) is 23.2 Å². The molecule has 2 heterocycles. The number of nitrogens with zero attached hydrogens (tertiary/aromatic N) is 3. The fourth-order valence-corrected chi connectivity index (χ4v) is 2.66. The molecule has 1 fully saturated rings. The van der Waals surface area contributed by atoms with Crippen molar-refractivity contribution in [1.82, 2.24) is 9.88 Å². The zero-order chi connectivity index (χ0) is 12.1. The summed E-state index contributed by atoms with van der Waals surface area (Å²) < 4.78 is 0. The van der Waals surface area contributed by atoms with Crippen molar-refractivity contribution in [1.29, 1.82) is 0 Å². The number of halogens is 2. The van der Waals surface area contributed by atoms with Crippen LogP contribution in [0.4, 0.5) is 5.69 Å². The van der Waals surface area contributed by atoms with Gasteiger partial charge in [-0.15, -0.1) is 11.6 Å². The number of anilines is 1. The second-order valence-electron chi connectivity index (χ2n) is 4.20. The van der Waals surface area contributed by atoms with E-state index in [1.54, 1.807) is 12.4 Å². The van der Waals surface area contributed by atoms with Crippen LogP contribution in [0.1, 0.15) is 6.42 Å². The highest BCUT2D eigenvalue weighted by molar-refractivity contribution is 6.33. The average Bonchev–Trinajstić information content (AvgIpc) is 2.56. The minimum absolute atomic E-state index is 0.704. The van der Waals surface area contributed by atoms with Gasteiger partial charge in [0.15, 0.2) is 0 Å². The predicted octanol–water partition coefficient (Wildman–Crippen LogP) is 2.49. The van der Waals surface area contributed by atoms with Crippen LogP contribution < -0.4 is 4.90 Å². The highest BCUT2D eigenvalue weighted by atomic mass is 35.5. The van der Waals surface area contributed by atoms with Crippen molar-refractivity contribution >= 4 is 28.9 Å². The van der Waals surface area contributed by atoms with Crippen LogP contribution in [0.2, 0.25) is 5.02 Å². The Morgan fingerprint density at radius 3 is 2.88 bits per heavy atom. The molecule has 94 valence electrons. The van der Waals surface area contributed by atoms with Gasteiger partial charge in [0, 0.05) is 44.5 Å². The number of aromatic nitrogens is 1. The van der Waals surface area contributed by atoms with Crippen molar-refractivity contribution in [2.75, 3.05) is 43.5 Å². The van der Waals surface area contributed by atoms with Crippen LogP contribution in [0.25, 0.3) is 0 Å². The molecule has 0 spiro atoms. The van der Waals surface area contributed by atoms with Gasteiger partial charge in [0.25, 0.3) is 0 Å². The van der Waals surface area contributed by atoms with E-state index in [-0.39, 0.29) is 0 Å². The highest BCUT2D eigenvalue weighted by Gasteiger charge is 2.16. The number of rotatable bonds is 3. The first-order valence-electron chi connectivity index (χ1n) is 5.94. The smallest absolute Gasteiger partial charge is 0.0822 e. The average molecular weight is 274 g/mol. The fraction of sp³-hybridized carbons (Fsp3) is 0.583. The Kier molecular flexibility index (Phi) is 4.89. The first kappa shape index (κ1) is 12.9. The normalized spacial score (nSPS) is 18.1. The van der Waals surface area contributed by atoms with Crippen LogP contribution in [0.5, 0.6) is 0 Å². The maximum absolute atomic E-state index is 6.17. The standard InChI is InChI=1S/C12H17Cl2N3/c13-3-7-16-5-1-6-17(9-8-16)12-2-4-15-10-11(12)14/h2,4,10H,1,3,5-9H2. The molecule has 0 atom stereocenters. The molecular formula is C12H17Cl2N3. The minimum Gasteiger partial charge on any atom is -0.369 e. The van der Waals surface area contributed by atoms with E-state index in [2.05, 4.69) is 14.8 Å². The SMILES string of the molecule is ClCCN1CCCN(c2ccncc2Cl)CC1. The van der Waals surface area contributed by atoms with Gasteiger partial charge < -0.3 is 9.80 Å². The molecule has 0 bridgehead atoms. The van der Waals surface area contributed by atoms with Gasteiger partial charge in [-0.1, -0.05) is 11.6 Å². The van der Waals surface area contributed by atoms with E-state index in [0.29, 0.717) is 5.88 Å². The van der Waals surface area contributed by atoms with Gasteiger partial charge >= 0.3 is 0 Å². The first-order valence-corrected chi connectivity index (χ1v) is 6.85. The Hall–Kier alpha value is -0.510. The maximum atomic E-state index is 6.17. The fourth-order valence-electron chi connectivity index (χ4n) is 2.18. The highest BCUT2D eigenvalue weighted by Crippen LogP contribution is 2.24. The molecule has 0 amide bonds. The Balaban J connectivity index is 2.01. The lowest BCUT2D eigenvalue weighted by molar-refractivity contribution is 0.311. The van der Waals surface area contributed by atoms with Crippen LogP contribution in [0, 0.1) is 0 Å². The quantitative estimate of drug-likeness (QED) is 0.789. The Morgan fingerprint density at radius 1 is 1.24 bits per heavy atom. The molecular weight excluding hydrogens is 257 g/mol. The maximum Gasteiger partial charge on any atom is 0.0822 e. The van der Waals surface area contributed by atoms with E-state index in [1.807, 2.05) is 6.07 Å². The van der Waals surface area contributed by atoms with Gasteiger partial charge in [-0.3, -0.25) is 4.98 Å². The van der Waals surface area contributed by atoms with Crippen LogP contribution in [-0.4, -0.2) is 48.5 Å². The van der Waals surface area contributed by atoms with Crippen LogP contribution in [0.15, 0.2) is 18.5 Å². The summed E-state index contributed by atoms with van der Waals surface area (Å²) in [5.41, 5.74) is 1.09. The van der Waals surface area contributed by atoms with E-state index < -0.39 is 0 Å². The monoisotopic (exact) mass is 273 g/mol. The topological polar surface area (TPSA) is 19.4 Å². The first-order chi connectivity index (χ1) is 8.31. The third kappa shape index (κ3) is 3.47. The molecule has 0 saturated carbocycles. The summed E-state index contributed by atoms with van der Waals surface area (Å²) in [6.07, 6.45) is 4.65. The van der Waals surface area contributed by atoms with Gasteiger partial charge in [0.1, 0.15) is 0 Å². The molecule has 5 heteroatoms. The van der Waals surface area contributed by atoms with Gasteiger partial charge in [-0.2, -0.15) is 0 Å². The molecule has 0 radical (unpaired) electrons. The molecule has 0 aromatic carbocycles. The van der Waals surface area contributed by atoms with Gasteiger partial charge in [-0.25, -0.2) is 0 Å². The third-order valence-electron chi connectivity index (χ3n) is 3.08. The molecule has 2 rings (SSSR count). The van der Waals surface area contributed by atoms with Crippen LogP contribution in [0.3, 0.4) is 0 Å². The lowest BCUT2D eigenvalue weighted by atomic mass is 10.3. The molecule has 0 aliphatic carbocycles. The van der Waals surface area contributed by atoms with Crippen molar-refractivity contribution in [3.05, 3.63) is 23.5 Å². The second-order valence-corrected chi connectivity index (χ2v) is 4.98. The van der Waals surface area contributed by atoms with Crippen molar-refractivity contribution in [2.24, 2.45) is 0 Å². The summed E-state index contributed by atoms with van der Waals surface area (Å²) >= 11 is 12.0. The molecule has 1 aromatic heterocycles. The largest absolute Gasteiger partial charge is 0.369 e.